The maximum atomic E-state index is 4.27. The first-order valence-corrected chi connectivity index (χ1v) is 5.66. The summed E-state index contributed by atoms with van der Waals surface area (Å²) in [5, 5.41) is 3.45. The van der Waals surface area contributed by atoms with Crippen LogP contribution in [0.15, 0.2) is 24.5 Å². The van der Waals surface area contributed by atoms with Gasteiger partial charge in [-0.2, -0.15) is 0 Å². The lowest BCUT2D eigenvalue weighted by molar-refractivity contribution is 0.536. The lowest BCUT2D eigenvalue weighted by Gasteiger charge is -2.06. The van der Waals surface area contributed by atoms with E-state index < -0.39 is 0 Å². The van der Waals surface area contributed by atoms with Crippen LogP contribution in [0.5, 0.6) is 0 Å². The van der Waals surface area contributed by atoms with Crippen LogP contribution in [0.25, 0.3) is 5.57 Å². The number of hydrogen-bond donors (Lipinski definition) is 1. The summed E-state index contributed by atoms with van der Waals surface area (Å²) in [6.07, 6.45) is 7.58. The number of pyridine rings is 1. The molecule has 1 aliphatic carbocycles. The quantitative estimate of drug-likeness (QED) is 0.750. The highest BCUT2D eigenvalue weighted by Gasteiger charge is 2.31. The molecule has 1 fully saturated rings. The molecule has 15 heavy (non-hydrogen) atoms. The second-order valence-electron chi connectivity index (χ2n) is 4.73. The Labute approximate surface area is 90.4 Å². The zero-order chi connectivity index (χ0) is 10.3. The molecule has 1 saturated heterocycles. The summed E-state index contributed by atoms with van der Waals surface area (Å²) in [6.45, 7) is 4.45. The lowest BCUT2D eigenvalue weighted by Crippen LogP contribution is -2.09. The van der Waals surface area contributed by atoms with Crippen LogP contribution < -0.4 is 5.32 Å². The molecule has 3 rings (SSSR count). The topological polar surface area (TPSA) is 24.9 Å². The van der Waals surface area contributed by atoms with Gasteiger partial charge in [0.15, 0.2) is 0 Å². The molecule has 1 aliphatic heterocycles. The molecule has 0 amide bonds. The van der Waals surface area contributed by atoms with Crippen molar-refractivity contribution in [2.45, 2.75) is 13.3 Å². The van der Waals surface area contributed by atoms with Crippen LogP contribution >= 0.6 is 0 Å². The molecule has 2 aliphatic rings. The van der Waals surface area contributed by atoms with Crippen LogP contribution in [-0.4, -0.2) is 18.1 Å². The summed E-state index contributed by atoms with van der Waals surface area (Å²) >= 11 is 0. The van der Waals surface area contributed by atoms with Gasteiger partial charge < -0.3 is 5.32 Å². The van der Waals surface area contributed by atoms with E-state index in [0.717, 1.165) is 18.4 Å². The molecule has 0 radical (unpaired) electrons. The fourth-order valence-electron chi connectivity index (χ4n) is 2.73. The molecule has 2 nitrogen and oxygen atoms in total. The van der Waals surface area contributed by atoms with Gasteiger partial charge in [0.05, 0.1) is 0 Å². The SMILES string of the molecule is Cc1cncc(C2=C[C@H]3CNC[C@H]3C2)c1. The Hall–Kier alpha value is -1.15. The van der Waals surface area contributed by atoms with E-state index in [1.807, 2.05) is 12.4 Å². The summed E-state index contributed by atoms with van der Waals surface area (Å²) < 4.78 is 0. The fourth-order valence-corrected chi connectivity index (χ4v) is 2.73. The second kappa shape index (κ2) is 3.46. The minimum Gasteiger partial charge on any atom is -0.316 e. The first-order chi connectivity index (χ1) is 7.33. The van der Waals surface area contributed by atoms with E-state index >= 15 is 0 Å². The lowest BCUT2D eigenvalue weighted by atomic mass is 9.98. The Morgan fingerprint density at radius 3 is 3.07 bits per heavy atom. The highest BCUT2D eigenvalue weighted by molar-refractivity contribution is 5.68. The van der Waals surface area contributed by atoms with Crippen LogP contribution in [0.1, 0.15) is 17.5 Å². The molecule has 2 heterocycles. The number of hydrogen-bond acceptors (Lipinski definition) is 2. The molecular weight excluding hydrogens is 184 g/mol. The van der Waals surface area contributed by atoms with E-state index in [9.17, 15) is 0 Å². The first-order valence-electron chi connectivity index (χ1n) is 5.66. The van der Waals surface area contributed by atoms with Crippen LogP contribution in [0.3, 0.4) is 0 Å². The molecule has 0 saturated carbocycles. The van der Waals surface area contributed by atoms with Gasteiger partial charge in [-0.25, -0.2) is 0 Å². The van der Waals surface area contributed by atoms with Gasteiger partial charge in [-0.05, 0) is 54.5 Å². The number of fused-ring (bicyclic) bond motifs is 1. The standard InChI is InChI=1S/C13H16N2/c1-9-2-11(6-14-5-9)10-3-12-7-15-8-13(12)4-10/h2-3,5-6,12-13,15H,4,7-8H2,1H3/t12-,13+/m0/s1. The predicted molar refractivity (Wildman–Crippen MR) is 61.4 cm³/mol. The van der Waals surface area contributed by atoms with Crippen LogP contribution in [-0.2, 0) is 0 Å². The van der Waals surface area contributed by atoms with E-state index in [2.05, 4.69) is 29.4 Å². The summed E-state index contributed by atoms with van der Waals surface area (Å²) in [7, 11) is 0. The van der Waals surface area contributed by atoms with Gasteiger partial charge in [0, 0.05) is 18.9 Å². The van der Waals surface area contributed by atoms with Crippen molar-refractivity contribution in [3.8, 4) is 0 Å². The molecule has 0 unspecified atom stereocenters. The van der Waals surface area contributed by atoms with Crippen molar-refractivity contribution in [2.24, 2.45) is 11.8 Å². The maximum absolute atomic E-state index is 4.27. The Morgan fingerprint density at radius 1 is 1.33 bits per heavy atom. The van der Waals surface area contributed by atoms with Gasteiger partial charge in [0.2, 0.25) is 0 Å². The van der Waals surface area contributed by atoms with E-state index in [0.29, 0.717) is 0 Å². The predicted octanol–water partition coefficient (Wildman–Crippen LogP) is 2.01. The number of rotatable bonds is 1. The third kappa shape index (κ3) is 1.59. The monoisotopic (exact) mass is 200 g/mol. The van der Waals surface area contributed by atoms with Crippen molar-refractivity contribution in [1.82, 2.24) is 10.3 Å². The molecule has 0 aromatic carbocycles. The normalized spacial score (nSPS) is 29.0. The number of allylic oxidation sites excluding steroid dienone is 1. The van der Waals surface area contributed by atoms with Crippen molar-refractivity contribution in [3.63, 3.8) is 0 Å². The molecule has 1 aromatic rings. The van der Waals surface area contributed by atoms with Gasteiger partial charge >= 0.3 is 0 Å². The number of nitrogens with zero attached hydrogens (tertiary/aromatic N) is 1. The highest BCUT2D eigenvalue weighted by Crippen LogP contribution is 2.37. The van der Waals surface area contributed by atoms with E-state index in [1.165, 1.54) is 29.7 Å². The summed E-state index contributed by atoms with van der Waals surface area (Å²) in [6, 6.07) is 2.24. The molecule has 1 aromatic heterocycles. The molecular formula is C13H16N2. The number of aromatic nitrogens is 1. The number of aryl methyl sites for hydroxylation is 1. The Balaban J connectivity index is 1.90. The van der Waals surface area contributed by atoms with Gasteiger partial charge in [-0.1, -0.05) is 6.08 Å². The third-order valence-corrected chi connectivity index (χ3v) is 3.54. The summed E-state index contributed by atoms with van der Waals surface area (Å²) in [4.78, 5) is 4.27. The van der Waals surface area contributed by atoms with Gasteiger partial charge in [0.25, 0.3) is 0 Å². The second-order valence-corrected chi connectivity index (χ2v) is 4.73. The molecule has 1 N–H and O–H groups in total. The average Bonchev–Trinajstić information content (AvgIpc) is 2.76. The Kier molecular flexibility index (Phi) is 2.10. The molecule has 2 heteroatoms. The molecule has 78 valence electrons. The van der Waals surface area contributed by atoms with E-state index in [-0.39, 0.29) is 0 Å². The van der Waals surface area contributed by atoms with Crippen molar-refractivity contribution in [2.75, 3.05) is 13.1 Å². The van der Waals surface area contributed by atoms with Crippen molar-refractivity contribution in [3.05, 3.63) is 35.7 Å². The zero-order valence-electron chi connectivity index (χ0n) is 9.03. The molecule has 0 spiro atoms. The van der Waals surface area contributed by atoms with Gasteiger partial charge in [0.1, 0.15) is 0 Å². The minimum absolute atomic E-state index is 0.764. The van der Waals surface area contributed by atoms with Crippen molar-refractivity contribution in [1.29, 1.82) is 0 Å². The smallest absolute Gasteiger partial charge is 0.0343 e. The van der Waals surface area contributed by atoms with Crippen molar-refractivity contribution >= 4 is 5.57 Å². The third-order valence-electron chi connectivity index (χ3n) is 3.54. The van der Waals surface area contributed by atoms with Crippen molar-refractivity contribution < 1.29 is 0 Å². The Morgan fingerprint density at radius 2 is 2.27 bits per heavy atom. The van der Waals surface area contributed by atoms with Crippen LogP contribution in [0, 0.1) is 18.8 Å². The van der Waals surface area contributed by atoms with Gasteiger partial charge in [-0.15, -0.1) is 0 Å². The fraction of sp³-hybridized carbons (Fsp3) is 0.462. The minimum atomic E-state index is 0.764. The molecule has 2 atom stereocenters. The van der Waals surface area contributed by atoms with E-state index in [1.54, 1.807) is 0 Å². The first kappa shape index (κ1) is 9.10. The largest absolute Gasteiger partial charge is 0.316 e. The average molecular weight is 200 g/mol. The van der Waals surface area contributed by atoms with Crippen LogP contribution in [0.4, 0.5) is 0 Å². The summed E-state index contributed by atoms with van der Waals surface area (Å²) in [5.74, 6) is 1.60. The van der Waals surface area contributed by atoms with E-state index in [4.69, 9.17) is 0 Å². The molecule has 0 bridgehead atoms. The van der Waals surface area contributed by atoms with Gasteiger partial charge in [-0.3, -0.25) is 4.98 Å². The van der Waals surface area contributed by atoms with Crippen LogP contribution in [0.2, 0.25) is 0 Å². The Bertz CT molecular complexity index is 409. The number of nitrogens with one attached hydrogen (secondary N) is 1. The summed E-state index contributed by atoms with van der Waals surface area (Å²) in [5.41, 5.74) is 4.08. The highest BCUT2D eigenvalue weighted by atomic mass is 14.9. The maximum Gasteiger partial charge on any atom is 0.0343 e. The zero-order valence-corrected chi connectivity index (χ0v) is 9.03.